The summed E-state index contributed by atoms with van der Waals surface area (Å²) in [5, 5.41) is 4.50. The minimum atomic E-state index is -0.0288. The Morgan fingerprint density at radius 1 is 1.00 bits per heavy atom. The molecule has 3 aliphatic heterocycles. The molecule has 0 aliphatic carbocycles. The van der Waals surface area contributed by atoms with Gasteiger partial charge in [-0.3, -0.25) is 9.80 Å². The SMILES string of the molecule is COc1ccc(C2=NO[C@H](N3CCOCC3)[C@H]2CN2CCOCC2)cc1. The van der Waals surface area contributed by atoms with Crippen molar-refractivity contribution in [3.8, 4) is 5.75 Å². The Kier molecular flexibility index (Phi) is 5.69. The third-order valence-corrected chi connectivity index (χ3v) is 5.30. The number of ether oxygens (including phenoxy) is 3. The van der Waals surface area contributed by atoms with Crippen LogP contribution in [0.25, 0.3) is 0 Å². The average molecular weight is 361 g/mol. The molecule has 0 N–H and O–H groups in total. The molecule has 4 rings (SSSR count). The quantitative estimate of drug-likeness (QED) is 0.781. The van der Waals surface area contributed by atoms with Crippen molar-refractivity contribution in [2.75, 3.05) is 66.3 Å². The molecule has 26 heavy (non-hydrogen) atoms. The van der Waals surface area contributed by atoms with Gasteiger partial charge in [0.05, 0.1) is 45.2 Å². The average Bonchev–Trinajstić information content (AvgIpc) is 3.13. The van der Waals surface area contributed by atoms with Crippen molar-refractivity contribution >= 4 is 5.71 Å². The van der Waals surface area contributed by atoms with Gasteiger partial charge >= 0.3 is 0 Å². The predicted octanol–water partition coefficient (Wildman–Crippen LogP) is 1.04. The first kappa shape index (κ1) is 17.7. The summed E-state index contributed by atoms with van der Waals surface area (Å²) in [5.74, 6) is 1.06. The van der Waals surface area contributed by atoms with Gasteiger partial charge in [0.15, 0.2) is 6.23 Å². The van der Waals surface area contributed by atoms with E-state index in [1.54, 1.807) is 7.11 Å². The molecule has 7 nitrogen and oxygen atoms in total. The van der Waals surface area contributed by atoms with Crippen molar-refractivity contribution in [2.45, 2.75) is 6.23 Å². The number of hydrogen-bond donors (Lipinski definition) is 0. The second-order valence-electron chi connectivity index (χ2n) is 6.87. The number of rotatable bonds is 5. The molecule has 2 atom stereocenters. The summed E-state index contributed by atoms with van der Waals surface area (Å²) in [6.45, 7) is 7.71. The van der Waals surface area contributed by atoms with Gasteiger partial charge in [-0.2, -0.15) is 0 Å². The highest BCUT2D eigenvalue weighted by molar-refractivity contribution is 6.03. The predicted molar refractivity (Wildman–Crippen MR) is 97.5 cm³/mol. The van der Waals surface area contributed by atoms with E-state index in [9.17, 15) is 0 Å². The Labute approximate surface area is 154 Å². The molecule has 0 unspecified atom stereocenters. The van der Waals surface area contributed by atoms with Crippen LogP contribution in [0.2, 0.25) is 0 Å². The molecule has 0 amide bonds. The third-order valence-electron chi connectivity index (χ3n) is 5.30. The van der Waals surface area contributed by atoms with E-state index in [1.165, 1.54) is 0 Å². The molecular weight excluding hydrogens is 334 g/mol. The smallest absolute Gasteiger partial charge is 0.191 e. The lowest BCUT2D eigenvalue weighted by Gasteiger charge is -2.36. The number of nitrogens with zero attached hydrogens (tertiary/aromatic N) is 3. The second-order valence-corrected chi connectivity index (χ2v) is 6.87. The molecule has 1 aromatic rings. The zero-order valence-corrected chi connectivity index (χ0v) is 15.3. The molecule has 7 heteroatoms. The van der Waals surface area contributed by atoms with Crippen LogP contribution in [0.5, 0.6) is 5.75 Å². The van der Waals surface area contributed by atoms with Gasteiger partial charge in [0, 0.05) is 38.3 Å². The number of hydrogen-bond acceptors (Lipinski definition) is 7. The molecule has 3 aliphatic rings. The fourth-order valence-electron chi connectivity index (χ4n) is 3.81. The molecular formula is C19H27N3O4. The maximum absolute atomic E-state index is 5.94. The van der Waals surface area contributed by atoms with E-state index < -0.39 is 0 Å². The van der Waals surface area contributed by atoms with Crippen LogP contribution in [0.3, 0.4) is 0 Å². The zero-order valence-electron chi connectivity index (χ0n) is 15.3. The lowest BCUT2D eigenvalue weighted by atomic mass is 9.94. The fourth-order valence-corrected chi connectivity index (χ4v) is 3.81. The topological polar surface area (TPSA) is 55.8 Å². The largest absolute Gasteiger partial charge is 0.497 e. The molecule has 142 valence electrons. The van der Waals surface area contributed by atoms with E-state index in [-0.39, 0.29) is 12.1 Å². The van der Waals surface area contributed by atoms with Gasteiger partial charge in [0.1, 0.15) is 5.75 Å². The van der Waals surface area contributed by atoms with Crippen LogP contribution in [-0.2, 0) is 14.3 Å². The van der Waals surface area contributed by atoms with Gasteiger partial charge in [-0.15, -0.1) is 0 Å². The van der Waals surface area contributed by atoms with Crippen LogP contribution in [-0.4, -0.2) is 88.0 Å². The second kappa shape index (κ2) is 8.35. The first-order chi connectivity index (χ1) is 12.8. The van der Waals surface area contributed by atoms with Gasteiger partial charge in [-0.25, -0.2) is 0 Å². The molecule has 0 aromatic heterocycles. The number of oxime groups is 1. The summed E-state index contributed by atoms with van der Waals surface area (Å²) in [5.41, 5.74) is 2.12. The Bertz CT molecular complexity index is 610. The monoisotopic (exact) mass is 361 g/mol. The van der Waals surface area contributed by atoms with Crippen LogP contribution < -0.4 is 4.74 Å². The first-order valence-electron chi connectivity index (χ1n) is 9.35. The van der Waals surface area contributed by atoms with Crippen molar-refractivity contribution < 1.29 is 19.0 Å². The summed E-state index contributed by atoms with van der Waals surface area (Å²) in [6.07, 6.45) is -0.0288. The van der Waals surface area contributed by atoms with Gasteiger partial charge in [-0.1, -0.05) is 5.16 Å². The molecule has 0 spiro atoms. The van der Waals surface area contributed by atoms with Gasteiger partial charge in [-0.05, 0) is 24.3 Å². The van der Waals surface area contributed by atoms with Crippen LogP contribution in [0.15, 0.2) is 29.4 Å². The number of methoxy groups -OCH3 is 1. The number of benzene rings is 1. The number of morpholine rings is 2. The first-order valence-corrected chi connectivity index (χ1v) is 9.35. The molecule has 0 saturated carbocycles. The van der Waals surface area contributed by atoms with Crippen LogP contribution >= 0.6 is 0 Å². The zero-order chi connectivity index (χ0) is 17.8. The lowest BCUT2D eigenvalue weighted by molar-refractivity contribution is -0.102. The van der Waals surface area contributed by atoms with Crippen molar-refractivity contribution in [3.63, 3.8) is 0 Å². The van der Waals surface area contributed by atoms with Crippen LogP contribution in [0.1, 0.15) is 5.56 Å². The van der Waals surface area contributed by atoms with Gasteiger partial charge in [0.2, 0.25) is 0 Å². The van der Waals surface area contributed by atoms with Crippen LogP contribution in [0.4, 0.5) is 0 Å². The molecule has 0 radical (unpaired) electrons. The Morgan fingerprint density at radius 2 is 1.65 bits per heavy atom. The lowest BCUT2D eigenvalue weighted by Crippen LogP contribution is -2.51. The summed E-state index contributed by atoms with van der Waals surface area (Å²) < 4.78 is 16.3. The highest BCUT2D eigenvalue weighted by Crippen LogP contribution is 2.28. The standard InChI is InChI=1S/C19H27N3O4/c1-23-16-4-2-15(3-5-16)18-17(14-21-6-10-24-11-7-21)19(26-20-18)22-8-12-25-13-9-22/h2-5,17,19H,6-14H2,1H3/t17-,19-/m0/s1. The fraction of sp³-hybridized carbons (Fsp3) is 0.632. The minimum absolute atomic E-state index is 0.0288. The maximum Gasteiger partial charge on any atom is 0.191 e. The van der Waals surface area contributed by atoms with Crippen LogP contribution in [0, 0.1) is 5.92 Å². The third kappa shape index (κ3) is 3.86. The van der Waals surface area contributed by atoms with E-state index in [0.717, 1.165) is 76.2 Å². The molecule has 0 bridgehead atoms. The normalized spacial score (nSPS) is 27.8. The maximum atomic E-state index is 5.94. The van der Waals surface area contributed by atoms with Gasteiger partial charge in [0.25, 0.3) is 0 Å². The molecule has 1 aromatic carbocycles. The van der Waals surface area contributed by atoms with Crippen molar-refractivity contribution in [1.82, 2.24) is 9.80 Å². The van der Waals surface area contributed by atoms with Crippen molar-refractivity contribution in [3.05, 3.63) is 29.8 Å². The molecule has 2 saturated heterocycles. The Balaban J connectivity index is 1.54. The Morgan fingerprint density at radius 3 is 2.31 bits per heavy atom. The summed E-state index contributed by atoms with van der Waals surface area (Å²) in [6, 6.07) is 8.08. The van der Waals surface area contributed by atoms with Gasteiger partial charge < -0.3 is 19.0 Å². The highest BCUT2D eigenvalue weighted by Gasteiger charge is 2.40. The highest BCUT2D eigenvalue weighted by atomic mass is 16.7. The minimum Gasteiger partial charge on any atom is -0.497 e. The molecule has 2 fully saturated rings. The summed E-state index contributed by atoms with van der Waals surface area (Å²) in [7, 11) is 1.68. The van der Waals surface area contributed by atoms with Crippen molar-refractivity contribution in [1.29, 1.82) is 0 Å². The molecule has 3 heterocycles. The van der Waals surface area contributed by atoms with E-state index in [1.807, 2.05) is 12.1 Å². The summed E-state index contributed by atoms with van der Waals surface area (Å²) in [4.78, 5) is 10.7. The Hall–Kier alpha value is -1.67. The summed E-state index contributed by atoms with van der Waals surface area (Å²) >= 11 is 0. The van der Waals surface area contributed by atoms with E-state index in [4.69, 9.17) is 19.0 Å². The van der Waals surface area contributed by atoms with E-state index in [2.05, 4.69) is 27.1 Å². The van der Waals surface area contributed by atoms with Crippen molar-refractivity contribution in [2.24, 2.45) is 11.1 Å². The van der Waals surface area contributed by atoms with E-state index in [0.29, 0.717) is 0 Å². The van der Waals surface area contributed by atoms with E-state index >= 15 is 0 Å².